The van der Waals surface area contributed by atoms with Crippen LogP contribution >= 0.6 is 22.7 Å². The predicted molar refractivity (Wildman–Crippen MR) is 112 cm³/mol. The Kier molecular flexibility index (Phi) is 6.17. The van der Waals surface area contributed by atoms with Gasteiger partial charge in [0.2, 0.25) is 5.91 Å². The molecule has 0 aromatic carbocycles. The van der Waals surface area contributed by atoms with Gasteiger partial charge in [-0.2, -0.15) is 4.31 Å². The molecule has 1 atom stereocenters. The predicted octanol–water partition coefficient (Wildman–Crippen LogP) is 2.55. The lowest BCUT2D eigenvalue weighted by Crippen LogP contribution is -2.52. The number of hydrogen-bond acceptors (Lipinski definition) is 6. The zero-order chi connectivity index (χ0) is 19.6. The molecule has 152 valence electrons. The molecule has 2 fully saturated rings. The van der Waals surface area contributed by atoms with E-state index in [4.69, 9.17) is 0 Å². The smallest absolute Gasteiger partial charge is 0.252 e. The molecule has 0 radical (unpaired) electrons. The molecule has 2 aromatic heterocycles. The van der Waals surface area contributed by atoms with Crippen LogP contribution in [0.4, 0.5) is 0 Å². The largest absolute Gasteiger partial charge is 0.340 e. The molecule has 6 nitrogen and oxygen atoms in total. The lowest BCUT2D eigenvalue weighted by atomic mass is 9.98. The highest BCUT2D eigenvalue weighted by molar-refractivity contribution is 7.91. The van der Waals surface area contributed by atoms with Crippen molar-refractivity contribution in [2.75, 3.05) is 39.3 Å². The van der Waals surface area contributed by atoms with E-state index in [1.54, 1.807) is 28.8 Å². The zero-order valence-electron chi connectivity index (χ0n) is 15.7. The number of amides is 1. The minimum absolute atomic E-state index is 0.113. The zero-order valence-corrected chi connectivity index (χ0v) is 18.1. The molecule has 0 saturated carbocycles. The molecule has 2 saturated heterocycles. The maximum Gasteiger partial charge on any atom is 0.252 e. The minimum Gasteiger partial charge on any atom is -0.340 e. The molecule has 1 unspecified atom stereocenters. The highest BCUT2D eigenvalue weighted by atomic mass is 32.2. The molecule has 0 bridgehead atoms. The van der Waals surface area contributed by atoms with Gasteiger partial charge in [0.15, 0.2) is 0 Å². The number of carbonyl (C=O) groups is 1. The number of hydrogen-bond donors (Lipinski definition) is 0. The normalized spacial score (nSPS) is 22.4. The average molecular weight is 440 g/mol. The van der Waals surface area contributed by atoms with Crippen molar-refractivity contribution in [3.63, 3.8) is 0 Å². The Balaban J connectivity index is 1.33. The molecule has 2 aliphatic heterocycles. The number of piperidine rings is 1. The van der Waals surface area contributed by atoms with Crippen LogP contribution in [0.25, 0.3) is 0 Å². The second kappa shape index (κ2) is 8.62. The monoisotopic (exact) mass is 439 g/mol. The summed E-state index contributed by atoms with van der Waals surface area (Å²) in [5.41, 5.74) is 0. The van der Waals surface area contributed by atoms with Crippen LogP contribution < -0.4 is 0 Å². The Morgan fingerprint density at radius 1 is 1.04 bits per heavy atom. The molecular weight excluding hydrogens is 414 g/mol. The Bertz CT molecular complexity index is 873. The first-order valence-corrected chi connectivity index (χ1v) is 12.8. The van der Waals surface area contributed by atoms with Gasteiger partial charge in [-0.15, -0.1) is 22.7 Å². The van der Waals surface area contributed by atoms with Crippen molar-refractivity contribution in [1.82, 2.24) is 14.1 Å². The van der Waals surface area contributed by atoms with Crippen LogP contribution in [0.3, 0.4) is 0 Å². The number of piperazine rings is 1. The SMILES string of the molecule is O=C(C1CCCN(S(=O)(=O)c2cccs2)C1)N1CCN(Cc2cccs2)CC1. The van der Waals surface area contributed by atoms with Crippen molar-refractivity contribution in [3.8, 4) is 0 Å². The van der Waals surface area contributed by atoms with Gasteiger partial charge in [-0.25, -0.2) is 8.42 Å². The lowest BCUT2D eigenvalue weighted by Gasteiger charge is -2.38. The highest BCUT2D eigenvalue weighted by Gasteiger charge is 2.36. The summed E-state index contributed by atoms with van der Waals surface area (Å²) in [7, 11) is -3.48. The second-order valence-electron chi connectivity index (χ2n) is 7.32. The minimum atomic E-state index is -3.48. The summed E-state index contributed by atoms with van der Waals surface area (Å²) in [6, 6.07) is 7.60. The van der Waals surface area contributed by atoms with Gasteiger partial charge in [-0.1, -0.05) is 12.1 Å². The van der Waals surface area contributed by atoms with Crippen LogP contribution in [0, 0.1) is 5.92 Å². The quantitative estimate of drug-likeness (QED) is 0.718. The van der Waals surface area contributed by atoms with Crippen molar-refractivity contribution in [2.24, 2.45) is 5.92 Å². The van der Waals surface area contributed by atoms with Gasteiger partial charge < -0.3 is 4.90 Å². The molecule has 4 heterocycles. The third-order valence-corrected chi connectivity index (χ3v) is 9.57. The first kappa shape index (κ1) is 20.0. The average Bonchev–Trinajstić information content (AvgIpc) is 3.43. The van der Waals surface area contributed by atoms with E-state index in [2.05, 4.69) is 22.4 Å². The summed E-state index contributed by atoms with van der Waals surface area (Å²) in [5, 5.41) is 3.86. The molecule has 2 aliphatic rings. The van der Waals surface area contributed by atoms with E-state index >= 15 is 0 Å². The van der Waals surface area contributed by atoms with Gasteiger partial charge in [0.25, 0.3) is 10.0 Å². The summed E-state index contributed by atoms with van der Waals surface area (Å²) < 4.78 is 27.4. The van der Waals surface area contributed by atoms with Gasteiger partial charge in [0.1, 0.15) is 4.21 Å². The van der Waals surface area contributed by atoms with Crippen LogP contribution in [0.5, 0.6) is 0 Å². The van der Waals surface area contributed by atoms with E-state index in [9.17, 15) is 13.2 Å². The lowest BCUT2D eigenvalue weighted by molar-refractivity contribution is -0.138. The molecule has 0 spiro atoms. The summed E-state index contributed by atoms with van der Waals surface area (Å²) in [6.45, 7) is 4.92. The fourth-order valence-corrected chi connectivity index (χ4v) is 7.32. The summed E-state index contributed by atoms with van der Waals surface area (Å²) >= 11 is 3.00. The van der Waals surface area contributed by atoms with Crippen molar-refractivity contribution in [1.29, 1.82) is 0 Å². The molecule has 4 rings (SSSR count). The number of nitrogens with zero attached hydrogens (tertiary/aromatic N) is 3. The van der Waals surface area contributed by atoms with Crippen LogP contribution in [0.1, 0.15) is 17.7 Å². The van der Waals surface area contributed by atoms with E-state index in [0.717, 1.165) is 45.6 Å². The van der Waals surface area contributed by atoms with E-state index in [-0.39, 0.29) is 11.8 Å². The Morgan fingerprint density at radius 3 is 2.46 bits per heavy atom. The highest BCUT2D eigenvalue weighted by Crippen LogP contribution is 2.27. The third-order valence-electron chi connectivity index (χ3n) is 5.47. The summed E-state index contributed by atoms with van der Waals surface area (Å²) in [5.74, 6) is -0.116. The van der Waals surface area contributed by atoms with Crippen LogP contribution in [0.2, 0.25) is 0 Å². The van der Waals surface area contributed by atoms with E-state index in [1.807, 2.05) is 4.90 Å². The molecule has 28 heavy (non-hydrogen) atoms. The van der Waals surface area contributed by atoms with Crippen molar-refractivity contribution in [2.45, 2.75) is 23.6 Å². The standard InChI is InChI=1S/C19H25N3O3S3/c23-19(21-10-8-20(9-11-21)15-17-5-2-12-26-17)16-4-1-7-22(14-16)28(24,25)18-6-3-13-27-18/h2-3,5-6,12-13,16H,1,4,7-11,14-15H2. The Labute approximate surface area is 174 Å². The van der Waals surface area contributed by atoms with E-state index in [0.29, 0.717) is 17.3 Å². The van der Waals surface area contributed by atoms with Gasteiger partial charge in [0.05, 0.1) is 5.92 Å². The fourth-order valence-electron chi connectivity index (χ4n) is 3.91. The Hall–Kier alpha value is -1.26. The van der Waals surface area contributed by atoms with E-state index < -0.39 is 10.0 Å². The van der Waals surface area contributed by atoms with Crippen molar-refractivity contribution < 1.29 is 13.2 Å². The van der Waals surface area contributed by atoms with Crippen molar-refractivity contribution >= 4 is 38.6 Å². The molecule has 2 aromatic rings. The topological polar surface area (TPSA) is 60.9 Å². The van der Waals surface area contributed by atoms with Gasteiger partial charge >= 0.3 is 0 Å². The number of sulfonamides is 1. The molecule has 0 aliphatic carbocycles. The molecule has 1 amide bonds. The summed E-state index contributed by atoms with van der Waals surface area (Å²) in [4.78, 5) is 18.7. The second-order valence-corrected chi connectivity index (χ2v) is 11.5. The van der Waals surface area contributed by atoms with Crippen LogP contribution in [-0.2, 0) is 21.4 Å². The maximum atomic E-state index is 13.0. The van der Waals surface area contributed by atoms with Gasteiger partial charge in [0, 0.05) is 50.7 Å². The molecule has 0 N–H and O–H groups in total. The maximum absolute atomic E-state index is 13.0. The van der Waals surface area contributed by atoms with Crippen LogP contribution in [0.15, 0.2) is 39.2 Å². The fraction of sp³-hybridized carbons (Fsp3) is 0.526. The first-order valence-electron chi connectivity index (χ1n) is 9.61. The van der Waals surface area contributed by atoms with E-state index in [1.165, 1.54) is 20.5 Å². The number of rotatable bonds is 5. The van der Waals surface area contributed by atoms with Gasteiger partial charge in [-0.05, 0) is 35.7 Å². The van der Waals surface area contributed by atoms with Crippen molar-refractivity contribution in [3.05, 3.63) is 39.9 Å². The Morgan fingerprint density at radius 2 is 1.79 bits per heavy atom. The number of thiophene rings is 2. The van der Waals surface area contributed by atoms with Gasteiger partial charge in [-0.3, -0.25) is 9.69 Å². The van der Waals surface area contributed by atoms with Crippen LogP contribution in [-0.4, -0.2) is 67.7 Å². The first-order chi connectivity index (χ1) is 13.5. The third kappa shape index (κ3) is 4.33. The molecular formula is C19H25N3O3S3. The summed E-state index contributed by atoms with van der Waals surface area (Å²) in [6.07, 6.45) is 1.50. The molecule has 9 heteroatoms. The number of carbonyl (C=O) groups excluding carboxylic acids is 1.